The number of imidazole rings is 1. The summed E-state index contributed by atoms with van der Waals surface area (Å²) in [5.41, 5.74) is 3.87. The van der Waals surface area contributed by atoms with Crippen LogP contribution in [0.3, 0.4) is 0 Å². The van der Waals surface area contributed by atoms with E-state index in [1.807, 2.05) is 24.4 Å². The highest BCUT2D eigenvalue weighted by Crippen LogP contribution is 2.17. The summed E-state index contributed by atoms with van der Waals surface area (Å²) in [6, 6.07) is 5.60. The summed E-state index contributed by atoms with van der Waals surface area (Å²) in [7, 11) is 0. The first kappa shape index (κ1) is 18.1. The van der Waals surface area contributed by atoms with E-state index >= 15 is 0 Å². The number of nitrogens with one attached hydrogen (secondary N) is 2. The molecule has 0 spiro atoms. The first-order valence-electron chi connectivity index (χ1n) is 9.47. The fourth-order valence-corrected chi connectivity index (χ4v) is 3.60. The second-order valence-corrected chi connectivity index (χ2v) is 7.16. The smallest absolute Gasteiger partial charge is 0.271 e. The molecule has 4 rings (SSSR count). The number of aromatic nitrogens is 2. The Balaban J connectivity index is 1.33. The lowest BCUT2D eigenvalue weighted by atomic mass is 9.97. The SMILES string of the molecule is O=C1CCC(C(=O)N2CCCC(CNC(=O)c3cn4ccccc4n3)C2)=NN1. The molecular formula is C19H22N6O3. The van der Waals surface area contributed by atoms with Gasteiger partial charge in [0.15, 0.2) is 0 Å². The summed E-state index contributed by atoms with van der Waals surface area (Å²) < 4.78 is 1.81. The average molecular weight is 382 g/mol. The van der Waals surface area contributed by atoms with Crippen LogP contribution < -0.4 is 10.7 Å². The van der Waals surface area contributed by atoms with Crippen molar-refractivity contribution in [2.45, 2.75) is 25.7 Å². The van der Waals surface area contributed by atoms with E-state index < -0.39 is 0 Å². The molecule has 9 nitrogen and oxygen atoms in total. The Morgan fingerprint density at radius 3 is 2.96 bits per heavy atom. The second kappa shape index (κ2) is 7.79. The van der Waals surface area contributed by atoms with Crippen molar-refractivity contribution in [1.82, 2.24) is 25.0 Å². The molecule has 1 fully saturated rings. The summed E-state index contributed by atoms with van der Waals surface area (Å²) in [6.07, 6.45) is 6.03. The number of carbonyl (C=O) groups is 3. The minimum atomic E-state index is -0.216. The summed E-state index contributed by atoms with van der Waals surface area (Å²) >= 11 is 0. The minimum Gasteiger partial charge on any atom is -0.350 e. The number of hydrazone groups is 1. The lowest BCUT2D eigenvalue weighted by molar-refractivity contribution is -0.126. The fourth-order valence-electron chi connectivity index (χ4n) is 3.60. The van der Waals surface area contributed by atoms with Crippen LogP contribution in [0.1, 0.15) is 36.2 Å². The molecule has 1 unspecified atom stereocenters. The Bertz CT molecular complexity index is 917. The largest absolute Gasteiger partial charge is 0.350 e. The van der Waals surface area contributed by atoms with Gasteiger partial charge >= 0.3 is 0 Å². The molecule has 0 radical (unpaired) electrons. The van der Waals surface area contributed by atoms with Gasteiger partial charge in [0.2, 0.25) is 5.91 Å². The summed E-state index contributed by atoms with van der Waals surface area (Å²) in [5, 5.41) is 6.83. The maximum atomic E-state index is 12.6. The van der Waals surface area contributed by atoms with Crippen molar-refractivity contribution in [2.24, 2.45) is 11.0 Å². The molecule has 9 heteroatoms. The third-order valence-electron chi connectivity index (χ3n) is 5.11. The van der Waals surface area contributed by atoms with Crippen molar-refractivity contribution >= 4 is 29.1 Å². The van der Waals surface area contributed by atoms with E-state index in [0.29, 0.717) is 37.5 Å². The van der Waals surface area contributed by atoms with E-state index in [4.69, 9.17) is 0 Å². The van der Waals surface area contributed by atoms with Crippen molar-refractivity contribution in [3.8, 4) is 0 Å². The lowest BCUT2D eigenvalue weighted by Gasteiger charge is -2.33. The molecule has 0 saturated carbocycles. The van der Waals surface area contributed by atoms with E-state index in [2.05, 4.69) is 20.8 Å². The van der Waals surface area contributed by atoms with Gasteiger partial charge in [0, 0.05) is 44.9 Å². The monoisotopic (exact) mass is 382 g/mol. The molecule has 2 aromatic heterocycles. The summed E-state index contributed by atoms with van der Waals surface area (Å²) in [4.78, 5) is 42.3. The van der Waals surface area contributed by atoms with Gasteiger partial charge in [-0.2, -0.15) is 5.10 Å². The lowest BCUT2D eigenvalue weighted by Crippen LogP contribution is -2.47. The number of amides is 3. The highest BCUT2D eigenvalue weighted by molar-refractivity contribution is 6.39. The molecule has 0 aromatic carbocycles. The van der Waals surface area contributed by atoms with Crippen LogP contribution in [0.4, 0.5) is 0 Å². The minimum absolute atomic E-state index is 0.128. The van der Waals surface area contributed by atoms with Gasteiger partial charge in [0.1, 0.15) is 17.1 Å². The van der Waals surface area contributed by atoms with E-state index in [9.17, 15) is 14.4 Å². The third kappa shape index (κ3) is 3.88. The van der Waals surface area contributed by atoms with Crippen molar-refractivity contribution in [2.75, 3.05) is 19.6 Å². The van der Waals surface area contributed by atoms with Crippen LogP contribution in [-0.4, -0.2) is 57.4 Å². The van der Waals surface area contributed by atoms with Crippen molar-refractivity contribution in [3.05, 3.63) is 36.3 Å². The number of pyridine rings is 1. The average Bonchev–Trinajstić information content (AvgIpc) is 3.17. The summed E-state index contributed by atoms with van der Waals surface area (Å²) in [5.74, 6) is -0.330. The topological polar surface area (TPSA) is 108 Å². The Hall–Kier alpha value is -3.23. The number of nitrogens with zero attached hydrogens (tertiary/aromatic N) is 4. The standard InChI is InChI=1S/C19H22N6O3/c26-17-7-6-14(22-23-17)19(28)25-9-3-4-13(11-25)10-20-18(27)15-12-24-8-2-1-5-16(24)21-15/h1-2,5,8,12-13H,3-4,6-7,9-11H2,(H,20,27)(H,23,26). The Kier molecular flexibility index (Phi) is 5.05. The van der Waals surface area contributed by atoms with Crippen LogP contribution in [0, 0.1) is 5.92 Å². The predicted molar refractivity (Wildman–Crippen MR) is 102 cm³/mol. The molecule has 146 valence electrons. The van der Waals surface area contributed by atoms with Crippen LogP contribution in [0.2, 0.25) is 0 Å². The number of fused-ring (bicyclic) bond motifs is 1. The number of hydrogen-bond acceptors (Lipinski definition) is 5. The molecule has 2 N–H and O–H groups in total. The van der Waals surface area contributed by atoms with E-state index in [0.717, 1.165) is 18.5 Å². The van der Waals surface area contributed by atoms with Crippen LogP contribution >= 0.6 is 0 Å². The number of piperidine rings is 1. The number of carbonyl (C=O) groups excluding carboxylic acids is 3. The quantitative estimate of drug-likeness (QED) is 0.806. The molecule has 3 amide bonds. The zero-order chi connectivity index (χ0) is 19.5. The molecular weight excluding hydrogens is 360 g/mol. The van der Waals surface area contributed by atoms with Gasteiger partial charge in [0.25, 0.3) is 11.8 Å². The highest BCUT2D eigenvalue weighted by atomic mass is 16.2. The fraction of sp³-hybridized carbons (Fsp3) is 0.421. The van der Waals surface area contributed by atoms with Gasteiger partial charge in [-0.25, -0.2) is 10.4 Å². The molecule has 1 atom stereocenters. The summed E-state index contributed by atoms with van der Waals surface area (Å²) in [6.45, 7) is 1.72. The maximum absolute atomic E-state index is 12.6. The van der Waals surface area contributed by atoms with Crippen LogP contribution in [0.5, 0.6) is 0 Å². The molecule has 4 heterocycles. The first-order valence-corrected chi connectivity index (χ1v) is 9.47. The Morgan fingerprint density at radius 1 is 1.29 bits per heavy atom. The number of likely N-dealkylation sites (tertiary alicyclic amines) is 1. The van der Waals surface area contributed by atoms with E-state index in [-0.39, 0.29) is 30.1 Å². The van der Waals surface area contributed by atoms with Gasteiger partial charge in [0.05, 0.1) is 0 Å². The Labute approximate surface area is 161 Å². The molecule has 0 aliphatic carbocycles. The van der Waals surface area contributed by atoms with Crippen molar-refractivity contribution < 1.29 is 14.4 Å². The van der Waals surface area contributed by atoms with Gasteiger partial charge < -0.3 is 14.6 Å². The zero-order valence-corrected chi connectivity index (χ0v) is 15.4. The van der Waals surface area contributed by atoms with Crippen LogP contribution in [0.25, 0.3) is 5.65 Å². The number of rotatable bonds is 4. The molecule has 1 saturated heterocycles. The second-order valence-electron chi connectivity index (χ2n) is 7.16. The Morgan fingerprint density at radius 2 is 2.18 bits per heavy atom. The van der Waals surface area contributed by atoms with Crippen LogP contribution in [0.15, 0.2) is 35.7 Å². The van der Waals surface area contributed by atoms with Crippen molar-refractivity contribution in [3.63, 3.8) is 0 Å². The normalized spacial score (nSPS) is 19.9. The van der Waals surface area contributed by atoms with Gasteiger partial charge in [-0.15, -0.1) is 0 Å². The van der Waals surface area contributed by atoms with Gasteiger partial charge in [-0.05, 0) is 30.9 Å². The molecule has 2 aliphatic heterocycles. The molecule has 28 heavy (non-hydrogen) atoms. The third-order valence-corrected chi connectivity index (χ3v) is 5.11. The molecule has 0 bridgehead atoms. The zero-order valence-electron chi connectivity index (χ0n) is 15.4. The highest BCUT2D eigenvalue weighted by Gasteiger charge is 2.28. The van der Waals surface area contributed by atoms with E-state index in [1.165, 1.54) is 0 Å². The first-order chi connectivity index (χ1) is 13.6. The van der Waals surface area contributed by atoms with Crippen LogP contribution in [-0.2, 0) is 9.59 Å². The van der Waals surface area contributed by atoms with Gasteiger partial charge in [-0.1, -0.05) is 6.07 Å². The van der Waals surface area contributed by atoms with Gasteiger partial charge in [-0.3, -0.25) is 14.4 Å². The predicted octanol–water partition coefficient (Wildman–Crippen LogP) is 0.569. The van der Waals surface area contributed by atoms with E-state index in [1.54, 1.807) is 15.5 Å². The number of hydrogen-bond donors (Lipinski definition) is 2. The molecule has 2 aliphatic rings. The van der Waals surface area contributed by atoms with Crippen molar-refractivity contribution in [1.29, 1.82) is 0 Å². The maximum Gasteiger partial charge on any atom is 0.271 e. The molecule has 2 aromatic rings.